The van der Waals surface area contributed by atoms with Crippen LogP contribution in [-0.4, -0.2) is 18.2 Å². The molecule has 0 saturated heterocycles. The van der Waals surface area contributed by atoms with Crippen LogP contribution < -0.4 is 4.74 Å². The highest BCUT2D eigenvalue weighted by atomic mass is 79.9. The van der Waals surface area contributed by atoms with Gasteiger partial charge in [0.15, 0.2) is 0 Å². The third kappa shape index (κ3) is 4.32. The number of benzene rings is 1. The Morgan fingerprint density at radius 1 is 1.47 bits per heavy atom. The number of hydrogen-bond acceptors (Lipinski definition) is 2. The van der Waals surface area contributed by atoms with Crippen LogP contribution in [0.15, 0.2) is 18.2 Å². The number of carbonyl (C=O) groups excluding carboxylic acids is 1. The summed E-state index contributed by atoms with van der Waals surface area (Å²) in [5.41, 5.74) is 0.559. The quantitative estimate of drug-likeness (QED) is 0.580. The summed E-state index contributed by atoms with van der Waals surface area (Å²) in [7, 11) is 0. The van der Waals surface area contributed by atoms with Gasteiger partial charge in [-0.3, -0.25) is 4.79 Å². The smallest absolute Gasteiger partial charge is 0.150 e. The third-order valence-electron chi connectivity index (χ3n) is 2.69. The molecule has 0 fully saturated rings. The van der Waals surface area contributed by atoms with Gasteiger partial charge in [0.25, 0.3) is 0 Å². The molecule has 0 aliphatic rings. The molecule has 0 bridgehead atoms. The Kier molecular flexibility index (Phi) is 6.00. The fourth-order valence-electron chi connectivity index (χ4n) is 1.32. The number of hydrogen-bond donors (Lipinski definition) is 0. The normalized spacial score (nSPS) is 12.5. The Morgan fingerprint density at radius 3 is 2.65 bits per heavy atom. The Morgan fingerprint density at radius 2 is 2.18 bits per heavy atom. The van der Waals surface area contributed by atoms with Gasteiger partial charge in [0.2, 0.25) is 0 Å². The van der Waals surface area contributed by atoms with Gasteiger partial charge in [-0.2, -0.15) is 0 Å². The summed E-state index contributed by atoms with van der Waals surface area (Å²) in [6.45, 7) is 4.93. The van der Waals surface area contributed by atoms with E-state index in [1.165, 1.54) is 0 Å². The molecule has 94 valence electrons. The molecule has 17 heavy (non-hydrogen) atoms. The van der Waals surface area contributed by atoms with E-state index in [1.807, 2.05) is 0 Å². The van der Waals surface area contributed by atoms with E-state index >= 15 is 0 Å². The average Bonchev–Trinajstić information content (AvgIpc) is 2.31. The van der Waals surface area contributed by atoms with E-state index in [0.717, 1.165) is 11.6 Å². The summed E-state index contributed by atoms with van der Waals surface area (Å²) >= 11 is 9.49. The summed E-state index contributed by atoms with van der Waals surface area (Å²) < 4.78 is 5.67. The molecule has 1 rings (SSSR count). The van der Waals surface area contributed by atoms with Crippen molar-refractivity contribution in [1.82, 2.24) is 0 Å². The van der Waals surface area contributed by atoms with E-state index in [9.17, 15) is 4.79 Å². The molecule has 0 aliphatic carbocycles. The summed E-state index contributed by atoms with van der Waals surface area (Å²) in [5.74, 6) is 1.61. The minimum atomic E-state index is 0.441. The van der Waals surface area contributed by atoms with Crippen molar-refractivity contribution < 1.29 is 9.53 Å². The highest BCUT2D eigenvalue weighted by Crippen LogP contribution is 2.26. The van der Waals surface area contributed by atoms with Crippen molar-refractivity contribution in [2.75, 3.05) is 11.9 Å². The molecule has 0 aromatic heterocycles. The van der Waals surface area contributed by atoms with Gasteiger partial charge in [-0.25, -0.2) is 0 Å². The topological polar surface area (TPSA) is 26.3 Å². The first-order chi connectivity index (χ1) is 8.08. The van der Waals surface area contributed by atoms with E-state index < -0.39 is 0 Å². The summed E-state index contributed by atoms with van der Waals surface area (Å²) in [4.78, 5) is 10.6. The number of aldehydes is 1. The highest BCUT2D eigenvalue weighted by molar-refractivity contribution is 9.09. The maximum absolute atomic E-state index is 10.6. The van der Waals surface area contributed by atoms with Crippen molar-refractivity contribution in [2.24, 2.45) is 11.8 Å². The van der Waals surface area contributed by atoms with Crippen LogP contribution in [-0.2, 0) is 0 Å². The van der Waals surface area contributed by atoms with Crippen molar-refractivity contribution in [3.05, 3.63) is 28.8 Å². The molecule has 1 atom stereocenters. The molecule has 0 N–H and O–H groups in total. The standard InChI is InChI=1S/C13H16BrClO2/c1-9(2)11(6-14)8-17-13-4-3-10(7-16)5-12(13)15/h3-5,7,9,11H,6,8H2,1-2H3. The molecule has 1 aromatic rings. The van der Waals surface area contributed by atoms with Gasteiger partial charge in [-0.05, 0) is 24.1 Å². The van der Waals surface area contributed by atoms with E-state index in [2.05, 4.69) is 29.8 Å². The molecule has 0 heterocycles. The molecule has 4 heteroatoms. The average molecular weight is 320 g/mol. The SMILES string of the molecule is CC(C)C(CBr)COc1ccc(C=O)cc1Cl. The van der Waals surface area contributed by atoms with Crippen molar-refractivity contribution in [2.45, 2.75) is 13.8 Å². The molecule has 2 nitrogen and oxygen atoms in total. The van der Waals surface area contributed by atoms with Crippen LogP contribution in [0.4, 0.5) is 0 Å². The van der Waals surface area contributed by atoms with Crippen LogP contribution in [0.3, 0.4) is 0 Å². The summed E-state index contributed by atoms with van der Waals surface area (Å²) in [6.07, 6.45) is 0.769. The van der Waals surface area contributed by atoms with Crippen LogP contribution in [0.5, 0.6) is 5.75 Å². The monoisotopic (exact) mass is 318 g/mol. The third-order valence-corrected chi connectivity index (χ3v) is 3.81. The molecule has 0 radical (unpaired) electrons. The predicted molar refractivity (Wildman–Crippen MR) is 74.5 cm³/mol. The largest absolute Gasteiger partial charge is 0.492 e. The number of halogens is 2. The summed E-state index contributed by atoms with van der Waals surface area (Å²) in [6, 6.07) is 5.05. The Balaban J connectivity index is 2.66. The van der Waals surface area contributed by atoms with Gasteiger partial charge >= 0.3 is 0 Å². The first kappa shape index (κ1) is 14.5. The number of carbonyl (C=O) groups is 1. The molecule has 0 amide bonds. The predicted octanol–water partition coefficient (Wildman–Crippen LogP) is 4.20. The van der Waals surface area contributed by atoms with Gasteiger partial charge in [-0.15, -0.1) is 0 Å². The van der Waals surface area contributed by atoms with E-state index in [1.54, 1.807) is 18.2 Å². The lowest BCUT2D eigenvalue weighted by Crippen LogP contribution is -2.19. The minimum Gasteiger partial charge on any atom is -0.492 e. The number of alkyl halides is 1. The molecule has 1 aromatic carbocycles. The second-order valence-electron chi connectivity index (χ2n) is 4.28. The van der Waals surface area contributed by atoms with E-state index in [4.69, 9.17) is 16.3 Å². The molecule has 0 spiro atoms. The Bertz CT molecular complexity index is 380. The second-order valence-corrected chi connectivity index (χ2v) is 5.33. The van der Waals surface area contributed by atoms with Crippen molar-refractivity contribution >= 4 is 33.8 Å². The number of ether oxygens (including phenoxy) is 1. The highest BCUT2D eigenvalue weighted by Gasteiger charge is 2.13. The Hall–Kier alpha value is -0.540. The van der Waals surface area contributed by atoms with Crippen molar-refractivity contribution in [3.63, 3.8) is 0 Å². The maximum atomic E-state index is 10.6. The van der Waals surface area contributed by atoms with Gasteiger partial charge in [0.05, 0.1) is 11.6 Å². The van der Waals surface area contributed by atoms with Crippen LogP contribution in [0.25, 0.3) is 0 Å². The maximum Gasteiger partial charge on any atom is 0.150 e. The minimum absolute atomic E-state index is 0.441. The van der Waals surface area contributed by atoms with Crippen LogP contribution in [0.2, 0.25) is 5.02 Å². The van der Waals surface area contributed by atoms with Crippen molar-refractivity contribution in [1.29, 1.82) is 0 Å². The molecular formula is C13H16BrClO2. The Labute approximate surface area is 115 Å². The van der Waals surface area contributed by atoms with Gasteiger partial charge < -0.3 is 4.74 Å². The van der Waals surface area contributed by atoms with Crippen molar-refractivity contribution in [3.8, 4) is 5.75 Å². The fraction of sp³-hybridized carbons (Fsp3) is 0.462. The molecule has 0 saturated carbocycles. The fourth-order valence-corrected chi connectivity index (χ4v) is 2.50. The van der Waals surface area contributed by atoms with Crippen LogP contribution >= 0.6 is 27.5 Å². The number of rotatable bonds is 6. The lowest BCUT2D eigenvalue weighted by Gasteiger charge is -2.19. The van der Waals surface area contributed by atoms with Gasteiger partial charge in [0, 0.05) is 16.8 Å². The zero-order valence-corrected chi connectivity index (χ0v) is 12.3. The van der Waals surface area contributed by atoms with Crippen LogP contribution in [0, 0.1) is 11.8 Å². The lowest BCUT2D eigenvalue weighted by molar-refractivity contribution is 0.112. The second kappa shape index (κ2) is 7.02. The first-order valence-corrected chi connectivity index (χ1v) is 7.02. The zero-order chi connectivity index (χ0) is 12.8. The molecule has 1 unspecified atom stereocenters. The zero-order valence-electron chi connectivity index (χ0n) is 9.95. The van der Waals surface area contributed by atoms with Gasteiger partial charge in [-0.1, -0.05) is 41.4 Å². The van der Waals surface area contributed by atoms with E-state index in [-0.39, 0.29) is 0 Å². The summed E-state index contributed by atoms with van der Waals surface area (Å²) in [5, 5.41) is 1.38. The van der Waals surface area contributed by atoms with Crippen LogP contribution in [0.1, 0.15) is 24.2 Å². The lowest BCUT2D eigenvalue weighted by atomic mass is 9.99. The first-order valence-electron chi connectivity index (χ1n) is 5.52. The molecular weight excluding hydrogens is 303 g/mol. The molecule has 0 aliphatic heterocycles. The van der Waals surface area contributed by atoms with E-state index in [0.29, 0.717) is 34.8 Å². The van der Waals surface area contributed by atoms with Gasteiger partial charge in [0.1, 0.15) is 12.0 Å².